The molecule has 3 aromatic carbocycles. The molecule has 0 unspecified atom stereocenters. The van der Waals surface area contributed by atoms with Gasteiger partial charge in [0.25, 0.3) is 0 Å². The number of benzene rings is 3. The summed E-state index contributed by atoms with van der Waals surface area (Å²) in [6.45, 7) is 2.55. The zero-order valence-corrected chi connectivity index (χ0v) is 18.7. The molecule has 0 bridgehead atoms. The van der Waals surface area contributed by atoms with E-state index in [0.29, 0.717) is 34.8 Å². The summed E-state index contributed by atoms with van der Waals surface area (Å²) >= 11 is 0. The van der Waals surface area contributed by atoms with Crippen LogP contribution in [0.4, 0.5) is 5.82 Å². The number of anilines is 1. The van der Waals surface area contributed by atoms with E-state index in [4.69, 9.17) is 15.2 Å². The van der Waals surface area contributed by atoms with E-state index >= 15 is 0 Å². The zero-order chi connectivity index (χ0) is 23.9. The van der Waals surface area contributed by atoms with Gasteiger partial charge in [-0.15, -0.1) is 0 Å². The molecule has 2 N–H and O–H groups in total. The number of nitrogens with two attached hydrogens (primary N) is 1. The molecule has 0 spiro atoms. The lowest BCUT2D eigenvalue weighted by Gasteiger charge is -2.17. The average Bonchev–Trinajstić information content (AvgIpc) is 2.88. The Hall–Kier alpha value is -4.81. The van der Waals surface area contributed by atoms with Gasteiger partial charge >= 0.3 is 0 Å². The van der Waals surface area contributed by atoms with Gasteiger partial charge in [-0.05, 0) is 36.2 Å². The van der Waals surface area contributed by atoms with Crippen LogP contribution in [0.1, 0.15) is 23.6 Å². The standard InChI is InChI=1S/C28H22N4O2/c1-2-33-26-14-20(12-13-25(26)34-18-22-11-7-6-10-21(22)15-29)27-23(16-30)28(31)32-17-24(27)19-8-4-3-5-9-19/h3-14,17H,2,18H2,1H3,(H2,31,32). The first kappa shape index (κ1) is 22.4. The highest BCUT2D eigenvalue weighted by atomic mass is 16.5. The predicted octanol–water partition coefficient (Wildman–Crippen LogP) is 5.72. The van der Waals surface area contributed by atoms with Crippen molar-refractivity contribution >= 4 is 5.82 Å². The van der Waals surface area contributed by atoms with Crippen LogP contribution in [0.25, 0.3) is 22.3 Å². The molecule has 6 nitrogen and oxygen atoms in total. The number of pyridine rings is 1. The number of aromatic nitrogens is 1. The Kier molecular flexibility index (Phi) is 6.72. The SMILES string of the molecule is CCOc1cc(-c2c(-c3ccccc3)cnc(N)c2C#N)ccc1OCc1ccccc1C#N. The van der Waals surface area contributed by atoms with Crippen molar-refractivity contribution in [2.75, 3.05) is 12.3 Å². The average molecular weight is 447 g/mol. The van der Waals surface area contributed by atoms with Gasteiger partial charge in [0.05, 0.1) is 18.2 Å². The van der Waals surface area contributed by atoms with E-state index in [2.05, 4.69) is 17.1 Å². The zero-order valence-electron chi connectivity index (χ0n) is 18.7. The van der Waals surface area contributed by atoms with Crippen molar-refractivity contribution < 1.29 is 9.47 Å². The summed E-state index contributed by atoms with van der Waals surface area (Å²) < 4.78 is 11.9. The molecule has 0 saturated heterocycles. The van der Waals surface area contributed by atoms with E-state index in [9.17, 15) is 10.5 Å². The van der Waals surface area contributed by atoms with Crippen molar-refractivity contribution in [2.45, 2.75) is 13.5 Å². The summed E-state index contributed by atoms with van der Waals surface area (Å²) in [5.74, 6) is 1.25. The van der Waals surface area contributed by atoms with Crippen molar-refractivity contribution in [1.29, 1.82) is 10.5 Å². The Morgan fingerprint density at radius 2 is 1.62 bits per heavy atom. The van der Waals surface area contributed by atoms with Gasteiger partial charge in [0.2, 0.25) is 0 Å². The molecule has 0 aliphatic heterocycles. The minimum Gasteiger partial charge on any atom is -0.490 e. The first-order valence-electron chi connectivity index (χ1n) is 10.8. The van der Waals surface area contributed by atoms with Gasteiger partial charge < -0.3 is 15.2 Å². The predicted molar refractivity (Wildman–Crippen MR) is 131 cm³/mol. The fraction of sp³-hybridized carbons (Fsp3) is 0.107. The molecule has 4 aromatic rings. The molecule has 1 heterocycles. The lowest BCUT2D eigenvalue weighted by molar-refractivity contribution is 0.269. The largest absolute Gasteiger partial charge is 0.490 e. The first-order chi connectivity index (χ1) is 16.7. The van der Waals surface area contributed by atoms with Crippen LogP contribution >= 0.6 is 0 Å². The third-order valence-corrected chi connectivity index (χ3v) is 5.36. The Morgan fingerprint density at radius 1 is 0.853 bits per heavy atom. The number of nitrogens with zero attached hydrogens (tertiary/aromatic N) is 3. The van der Waals surface area contributed by atoms with Crippen LogP contribution in [0, 0.1) is 22.7 Å². The molecule has 166 valence electrons. The number of ether oxygens (including phenoxy) is 2. The summed E-state index contributed by atoms with van der Waals surface area (Å²) in [7, 11) is 0. The van der Waals surface area contributed by atoms with Gasteiger partial charge in [-0.1, -0.05) is 54.6 Å². The second-order valence-electron chi connectivity index (χ2n) is 7.44. The van der Waals surface area contributed by atoms with Crippen molar-refractivity contribution in [3.05, 3.63) is 95.7 Å². The maximum absolute atomic E-state index is 9.87. The molecule has 6 heteroatoms. The number of nitrogen functional groups attached to an aromatic ring is 1. The highest BCUT2D eigenvalue weighted by Gasteiger charge is 2.18. The molecular formula is C28H22N4O2. The summed E-state index contributed by atoms with van der Waals surface area (Å²) in [6.07, 6.45) is 1.68. The van der Waals surface area contributed by atoms with Crippen LogP contribution in [0.3, 0.4) is 0 Å². The number of nitriles is 2. The Morgan fingerprint density at radius 3 is 2.35 bits per heavy atom. The number of hydrogen-bond acceptors (Lipinski definition) is 6. The van der Waals surface area contributed by atoms with E-state index in [1.165, 1.54) is 0 Å². The van der Waals surface area contributed by atoms with Crippen LogP contribution in [-0.2, 0) is 6.61 Å². The fourth-order valence-corrected chi connectivity index (χ4v) is 3.74. The Labute approximate surface area is 198 Å². The van der Waals surface area contributed by atoms with Crippen molar-refractivity contribution in [2.24, 2.45) is 0 Å². The lowest BCUT2D eigenvalue weighted by atomic mass is 9.92. The number of hydrogen-bond donors (Lipinski definition) is 1. The minimum atomic E-state index is 0.170. The van der Waals surface area contributed by atoms with Gasteiger partial charge in [-0.2, -0.15) is 10.5 Å². The molecule has 0 atom stereocenters. The van der Waals surface area contributed by atoms with Crippen molar-refractivity contribution in [3.63, 3.8) is 0 Å². The van der Waals surface area contributed by atoms with Crippen LogP contribution in [0.5, 0.6) is 11.5 Å². The van der Waals surface area contributed by atoms with Gasteiger partial charge in [0, 0.05) is 22.9 Å². The number of rotatable bonds is 7. The third-order valence-electron chi connectivity index (χ3n) is 5.36. The molecule has 0 aliphatic rings. The molecule has 0 amide bonds. The first-order valence-corrected chi connectivity index (χ1v) is 10.8. The smallest absolute Gasteiger partial charge is 0.161 e. The molecule has 34 heavy (non-hydrogen) atoms. The molecule has 4 rings (SSSR count). The van der Waals surface area contributed by atoms with Crippen LogP contribution < -0.4 is 15.2 Å². The van der Waals surface area contributed by atoms with E-state index in [1.807, 2.05) is 73.7 Å². The second-order valence-corrected chi connectivity index (χ2v) is 7.44. The topological polar surface area (TPSA) is 105 Å². The summed E-state index contributed by atoms with van der Waals surface area (Å²) in [4.78, 5) is 4.24. The minimum absolute atomic E-state index is 0.170. The second kappa shape index (κ2) is 10.2. The monoisotopic (exact) mass is 446 g/mol. The van der Waals surface area contributed by atoms with Crippen molar-refractivity contribution in [3.8, 4) is 45.9 Å². The van der Waals surface area contributed by atoms with Gasteiger partial charge in [-0.3, -0.25) is 0 Å². The van der Waals surface area contributed by atoms with E-state index in [1.54, 1.807) is 12.3 Å². The maximum Gasteiger partial charge on any atom is 0.161 e. The third kappa shape index (κ3) is 4.53. The van der Waals surface area contributed by atoms with Gasteiger partial charge in [0.1, 0.15) is 24.1 Å². The van der Waals surface area contributed by atoms with E-state index in [0.717, 1.165) is 22.3 Å². The normalized spacial score (nSPS) is 10.2. The fourth-order valence-electron chi connectivity index (χ4n) is 3.74. The molecule has 0 saturated carbocycles. The summed E-state index contributed by atoms with van der Waals surface area (Å²) in [5, 5.41) is 19.2. The molecule has 0 radical (unpaired) electrons. The van der Waals surface area contributed by atoms with E-state index in [-0.39, 0.29) is 12.4 Å². The summed E-state index contributed by atoms with van der Waals surface area (Å²) in [5.41, 5.74) is 10.9. The van der Waals surface area contributed by atoms with Crippen LogP contribution in [0.15, 0.2) is 79.0 Å². The summed E-state index contributed by atoms with van der Waals surface area (Å²) in [6, 6.07) is 26.9. The molecular weight excluding hydrogens is 424 g/mol. The van der Waals surface area contributed by atoms with Crippen molar-refractivity contribution in [1.82, 2.24) is 4.98 Å². The lowest BCUT2D eigenvalue weighted by Crippen LogP contribution is -2.03. The van der Waals surface area contributed by atoms with Gasteiger partial charge in [0.15, 0.2) is 11.5 Å². The molecule has 0 fully saturated rings. The Bertz CT molecular complexity index is 1400. The van der Waals surface area contributed by atoms with Gasteiger partial charge in [-0.25, -0.2) is 4.98 Å². The highest BCUT2D eigenvalue weighted by molar-refractivity contribution is 5.90. The quantitative estimate of drug-likeness (QED) is 0.389. The van der Waals surface area contributed by atoms with E-state index < -0.39 is 0 Å². The molecule has 1 aromatic heterocycles. The molecule has 0 aliphatic carbocycles. The highest BCUT2D eigenvalue weighted by Crippen LogP contribution is 2.40. The van der Waals surface area contributed by atoms with Crippen LogP contribution in [-0.4, -0.2) is 11.6 Å². The van der Waals surface area contributed by atoms with Crippen LogP contribution in [0.2, 0.25) is 0 Å². The maximum atomic E-state index is 9.87. The Balaban J connectivity index is 1.78.